The predicted molar refractivity (Wildman–Crippen MR) is 102 cm³/mol. The van der Waals surface area contributed by atoms with Crippen LogP contribution in [0.3, 0.4) is 0 Å². The number of hydrogen-bond donors (Lipinski definition) is 2. The fourth-order valence-corrected chi connectivity index (χ4v) is 7.96. The Balaban J connectivity index is 1.50. The average molecular weight is 332 g/mol. The van der Waals surface area contributed by atoms with Crippen molar-refractivity contribution in [3.8, 4) is 0 Å². The van der Waals surface area contributed by atoms with Gasteiger partial charge in [0.2, 0.25) is 0 Å². The lowest BCUT2D eigenvalue weighted by Crippen LogP contribution is -2.61. The van der Waals surface area contributed by atoms with E-state index >= 15 is 0 Å². The number of nitrogen functional groups attached to an aromatic ring is 1. The fraction of sp³-hybridized carbons (Fsp3) is 0.565. The molecule has 3 fully saturated rings. The summed E-state index contributed by atoms with van der Waals surface area (Å²) in [4.78, 5) is 0. The summed E-state index contributed by atoms with van der Waals surface area (Å²) >= 11 is 0. The highest BCUT2D eigenvalue weighted by Crippen LogP contribution is 2.79. The van der Waals surface area contributed by atoms with E-state index in [1.165, 1.54) is 23.1 Å². The summed E-state index contributed by atoms with van der Waals surface area (Å²) in [5.41, 5.74) is 23.2. The Hall–Kier alpha value is -1.54. The second-order valence-electron chi connectivity index (χ2n) is 9.77. The standard InChI is InChI=1S/C23H28N2/c1-9-5-6-23(4,25)22-16(9)19-12-8-13(21(19)22)18-15-10(2)7-14(24)11(3)17(15)20(12)18/h5-7,12-13,18-22H,8,24-25H2,1-4H3. The number of fused-ring (bicyclic) bond motifs is 14. The Bertz CT molecular complexity index is 903. The largest absolute Gasteiger partial charge is 0.398 e. The zero-order valence-corrected chi connectivity index (χ0v) is 15.6. The van der Waals surface area contributed by atoms with E-state index in [1.807, 2.05) is 0 Å². The first-order valence-electron chi connectivity index (χ1n) is 9.91. The van der Waals surface area contributed by atoms with E-state index in [0.29, 0.717) is 5.92 Å². The molecular weight excluding hydrogens is 304 g/mol. The molecule has 0 radical (unpaired) electrons. The van der Waals surface area contributed by atoms with Gasteiger partial charge in [0.1, 0.15) is 0 Å². The van der Waals surface area contributed by atoms with Gasteiger partial charge in [-0.2, -0.15) is 0 Å². The summed E-state index contributed by atoms with van der Waals surface area (Å²) in [6.07, 6.45) is 5.95. The van der Waals surface area contributed by atoms with Crippen molar-refractivity contribution in [1.82, 2.24) is 0 Å². The van der Waals surface area contributed by atoms with Gasteiger partial charge in [-0.1, -0.05) is 23.3 Å². The third-order valence-electron chi connectivity index (χ3n) is 8.71. The number of allylic oxidation sites excluding steroid dienone is 2. The molecule has 4 N–H and O–H groups in total. The number of nitrogens with two attached hydrogens (primary N) is 2. The number of hydrogen-bond acceptors (Lipinski definition) is 2. The van der Waals surface area contributed by atoms with E-state index in [4.69, 9.17) is 11.5 Å². The third-order valence-corrected chi connectivity index (χ3v) is 8.71. The minimum Gasteiger partial charge on any atom is -0.398 e. The van der Waals surface area contributed by atoms with Crippen LogP contribution in [0.4, 0.5) is 5.69 Å². The SMILES string of the molecule is CC1=C2C3C4CC(C5c6c(C)cc(N)c(C)c6C45)C3C2C(C)(N)C=C1. The monoisotopic (exact) mass is 332 g/mol. The number of anilines is 1. The molecule has 1 aromatic carbocycles. The first kappa shape index (κ1) is 14.6. The van der Waals surface area contributed by atoms with Crippen molar-refractivity contribution in [2.45, 2.75) is 51.5 Å². The lowest BCUT2D eigenvalue weighted by atomic mass is 9.42. The topological polar surface area (TPSA) is 52.0 Å². The first-order chi connectivity index (χ1) is 11.8. The van der Waals surface area contributed by atoms with Gasteiger partial charge in [-0.15, -0.1) is 0 Å². The highest BCUT2D eigenvalue weighted by Gasteiger charge is 2.72. The van der Waals surface area contributed by atoms with Gasteiger partial charge in [0, 0.05) is 17.1 Å². The molecule has 0 saturated heterocycles. The van der Waals surface area contributed by atoms with Crippen molar-refractivity contribution >= 4 is 5.69 Å². The van der Waals surface area contributed by atoms with Crippen LogP contribution in [0.25, 0.3) is 0 Å². The molecule has 5 aliphatic carbocycles. The van der Waals surface area contributed by atoms with Crippen LogP contribution in [0.2, 0.25) is 0 Å². The molecule has 1 aromatic rings. The van der Waals surface area contributed by atoms with Crippen molar-refractivity contribution in [2.75, 3.05) is 5.73 Å². The van der Waals surface area contributed by atoms with Crippen LogP contribution in [-0.4, -0.2) is 5.54 Å². The molecule has 3 saturated carbocycles. The van der Waals surface area contributed by atoms with Gasteiger partial charge < -0.3 is 11.5 Å². The molecule has 0 aromatic heterocycles. The Kier molecular flexibility index (Phi) is 2.37. The first-order valence-corrected chi connectivity index (χ1v) is 9.91. The molecule has 2 nitrogen and oxygen atoms in total. The predicted octanol–water partition coefficient (Wildman–Crippen LogP) is 4.18. The highest BCUT2D eigenvalue weighted by atomic mass is 14.8. The smallest absolute Gasteiger partial charge is 0.0383 e. The van der Waals surface area contributed by atoms with E-state index < -0.39 is 0 Å². The van der Waals surface area contributed by atoms with Gasteiger partial charge in [0.15, 0.2) is 0 Å². The molecule has 0 aliphatic heterocycles. The van der Waals surface area contributed by atoms with Crippen molar-refractivity contribution in [2.24, 2.45) is 35.3 Å². The van der Waals surface area contributed by atoms with Crippen LogP contribution in [0.15, 0.2) is 29.4 Å². The fourth-order valence-electron chi connectivity index (χ4n) is 7.96. The Morgan fingerprint density at radius 1 is 1.04 bits per heavy atom. The van der Waals surface area contributed by atoms with Crippen LogP contribution >= 0.6 is 0 Å². The minimum absolute atomic E-state index is 0.158. The molecule has 6 rings (SSSR count). The van der Waals surface area contributed by atoms with E-state index in [9.17, 15) is 0 Å². The van der Waals surface area contributed by atoms with E-state index in [-0.39, 0.29) is 5.54 Å². The minimum atomic E-state index is -0.158. The quantitative estimate of drug-likeness (QED) is 0.425. The maximum absolute atomic E-state index is 6.74. The number of aryl methyl sites for hydroxylation is 1. The molecule has 2 heteroatoms. The van der Waals surface area contributed by atoms with Gasteiger partial charge in [-0.25, -0.2) is 0 Å². The highest BCUT2D eigenvalue weighted by molar-refractivity contribution is 5.66. The Morgan fingerprint density at radius 3 is 2.52 bits per heavy atom. The van der Waals surface area contributed by atoms with Crippen LogP contribution in [0.5, 0.6) is 0 Å². The van der Waals surface area contributed by atoms with E-state index in [2.05, 4.69) is 45.9 Å². The van der Waals surface area contributed by atoms with Gasteiger partial charge in [-0.3, -0.25) is 0 Å². The van der Waals surface area contributed by atoms with Gasteiger partial charge in [0.05, 0.1) is 0 Å². The van der Waals surface area contributed by atoms with Crippen LogP contribution in [0, 0.1) is 43.4 Å². The van der Waals surface area contributed by atoms with E-state index in [1.54, 1.807) is 16.7 Å². The Morgan fingerprint density at radius 2 is 1.76 bits per heavy atom. The van der Waals surface area contributed by atoms with Crippen LogP contribution in [0.1, 0.15) is 54.4 Å². The zero-order chi connectivity index (χ0) is 17.4. The molecule has 130 valence electrons. The molecule has 0 spiro atoms. The van der Waals surface area contributed by atoms with Crippen molar-refractivity contribution in [3.05, 3.63) is 51.6 Å². The number of benzene rings is 1. The maximum atomic E-state index is 6.74. The lowest BCUT2D eigenvalue weighted by molar-refractivity contribution is 0.0302. The summed E-state index contributed by atoms with van der Waals surface area (Å²) in [7, 11) is 0. The second kappa shape index (κ2) is 4.06. The number of rotatable bonds is 0. The van der Waals surface area contributed by atoms with Gasteiger partial charge in [-0.05, 0) is 97.9 Å². The molecule has 2 bridgehead atoms. The van der Waals surface area contributed by atoms with Crippen molar-refractivity contribution in [3.63, 3.8) is 0 Å². The van der Waals surface area contributed by atoms with Crippen LogP contribution in [-0.2, 0) is 0 Å². The summed E-state index contributed by atoms with van der Waals surface area (Å²) < 4.78 is 0. The van der Waals surface area contributed by atoms with Gasteiger partial charge in [0.25, 0.3) is 0 Å². The maximum Gasteiger partial charge on any atom is 0.0383 e. The average Bonchev–Trinajstić information content (AvgIpc) is 2.90. The Labute approximate surface area is 150 Å². The molecule has 25 heavy (non-hydrogen) atoms. The van der Waals surface area contributed by atoms with Gasteiger partial charge >= 0.3 is 0 Å². The van der Waals surface area contributed by atoms with Crippen LogP contribution < -0.4 is 11.5 Å². The summed E-state index contributed by atoms with van der Waals surface area (Å²) in [6.45, 7) is 9.05. The summed E-state index contributed by atoms with van der Waals surface area (Å²) in [6, 6.07) is 2.21. The molecule has 0 heterocycles. The summed E-state index contributed by atoms with van der Waals surface area (Å²) in [5, 5.41) is 0. The molecule has 0 amide bonds. The summed E-state index contributed by atoms with van der Waals surface area (Å²) in [5.74, 6) is 5.39. The van der Waals surface area contributed by atoms with E-state index in [0.717, 1.165) is 41.2 Å². The lowest BCUT2D eigenvalue weighted by Gasteiger charge is -2.63. The third kappa shape index (κ3) is 1.38. The van der Waals surface area contributed by atoms with Crippen molar-refractivity contribution in [1.29, 1.82) is 0 Å². The van der Waals surface area contributed by atoms with Crippen molar-refractivity contribution < 1.29 is 0 Å². The molecule has 8 unspecified atom stereocenters. The second-order valence-corrected chi connectivity index (χ2v) is 9.77. The molecular formula is C23H28N2. The molecule has 8 atom stereocenters. The molecule has 5 aliphatic rings. The normalized spacial score (nSPS) is 47.6. The zero-order valence-electron chi connectivity index (χ0n) is 15.6.